The Morgan fingerprint density at radius 2 is 2.00 bits per heavy atom. The number of rotatable bonds is 1. The van der Waals surface area contributed by atoms with Crippen molar-refractivity contribution in [3.63, 3.8) is 0 Å². The molecule has 0 saturated heterocycles. The number of hydrogen-bond donors (Lipinski definition) is 1. The number of nitrogens with one attached hydrogen (secondary N) is 1. The largest absolute Gasteiger partial charge is 0.446 e. The highest BCUT2D eigenvalue weighted by Gasteiger charge is 2.47. The molecule has 2 aliphatic carbocycles. The van der Waals surface area contributed by atoms with Gasteiger partial charge in [0, 0.05) is 7.05 Å². The zero-order chi connectivity index (χ0) is 7.84. The molecule has 2 fully saturated rings. The van der Waals surface area contributed by atoms with Gasteiger partial charge in [-0.1, -0.05) is 0 Å². The molecule has 2 saturated carbocycles. The van der Waals surface area contributed by atoms with E-state index in [0.29, 0.717) is 0 Å². The molecule has 2 aliphatic rings. The summed E-state index contributed by atoms with van der Waals surface area (Å²) in [6, 6.07) is 0. The Balaban J connectivity index is 1.75. The maximum absolute atomic E-state index is 10.8. The van der Waals surface area contributed by atoms with Gasteiger partial charge < -0.3 is 10.1 Å². The Morgan fingerprint density at radius 3 is 2.55 bits per heavy atom. The molecule has 0 aromatic rings. The lowest BCUT2D eigenvalue weighted by molar-refractivity contribution is 0.0961. The fourth-order valence-corrected chi connectivity index (χ4v) is 1.97. The summed E-state index contributed by atoms with van der Waals surface area (Å²) in [5, 5.41) is 2.46. The molecular weight excluding hydrogens is 142 g/mol. The first-order valence-electron chi connectivity index (χ1n) is 4.18. The Hall–Kier alpha value is -0.730. The van der Waals surface area contributed by atoms with E-state index in [1.807, 2.05) is 0 Å². The molecule has 0 spiro atoms. The third-order valence-electron chi connectivity index (χ3n) is 2.68. The summed E-state index contributed by atoms with van der Waals surface area (Å²) in [7, 11) is 1.60. The molecule has 1 N–H and O–H groups in total. The maximum Gasteiger partial charge on any atom is 0.407 e. The van der Waals surface area contributed by atoms with Crippen molar-refractivity contribution in [1.82, 2.24) is 5.32 Å². The predicted octanol–water partition coefficient (Wildman–Crippen LogP) is 1.14. The van der Waals surface area contributed by atoms with Gasteiger partial charge in [-0.05, 0) is 31.1 Å². The molecule has 3 nitrogen and oxygen atoms in total. The van der Waals surface area contributed by atoms with Gasteiger partial charge >= 0.3 is 6.09 Å². The minimum Gasteiger partial charge on any atom is -0.446 e. The van der Waals surface area contributed by atoms with E-state index in [2.05, 4.69) is 5.32 Å². The van der Waals surface area contributed by atoms with E-state index >= 15 is 0 Å². The molecule has 62 valence electrons. The molecule has 0 radical (unpaired) electrons. The van der Waals surface area contributed by atoms with Crippen molar-refractivity contribution >= 4 is 6.09 Å². The second-order valence-electron chi connectivity index (χ2n) is 3.50. The zero-order valence-corrected chi connectivity index (χ0v) is 6.67. The van der Waals surface area contributed by atoms with Gasteiger partial charge in [-0.2, -0.15) is 0 Å². The van der Waals surface area contributed by atoms with Crippen LogP contribution in [0.1, 0.15) is 19.3 Å². The van der Waals surface area contributed by atoms with Crippen molar-refractivity contribution < 1.29 is 9.53 Å². The molecule has 0 heterocycles. The molecule has 2 rings (SSSR count). The lowest BCUT2D eigenvalue weighted by atomic mass is 10.2. The quantitative estimate of drug-likeness (QED) is 0.616. The van der Waals surface area contributed by atoms with Crippen molar-refractivity contribution in [2.45, 2.75) is 25.4 Å². The van der Waals surface area contributed by atoms with Gasteiger partial charge in [-0.25, -0.2) is 4.79 Å². The van der Waals surface area contributed by atoms with Crippen LogP contribution in [0.15, 0.2) is 0 Å². The van der Waals surface area contributed by atoms with Crippen molar-refractivity contribution in [3.05, 3.63) is 0 Å². The van der Waals surface area contributed by atoms with Gasteiger partial charge in [-0.3, -0.25) is 0 Å². The second-order valence-corrected chi connectivity index (χ2v) is 3.50. The molecule has 3 heteroatoms. The van der Waals surface area contributed by atoms with Crippen LogP contribution in [0.25, 0.3) is 0 Å². The monoisotopic (exact) mass is 155 g/mol. The van der Waals surface area contributed by atoms with Crippen LogP contribution >= 0.6 is 0 Å². The normalized spacial score (nSPS) is 39.5. The number of amides is 1. The van der Waals surface area contributed by atoms with Crippen LogP contribution in [0, 0.1) is 11.8 Å². The van der Waals surface area contributed by atoms with Crippen molar-refractivity contribution in [2.75, 3.05) is 7.05 Å². The van der Waals surface area contributed by atoms with E-state index < -0.39 is 0 Å². The van der Waals surface area contributed by atoms with Crippen LogP contribution in [-0.2, 0) is 4.74 Å². The molecular formula is C8H13NO2. The van der Waals surface area contributed by atoms with Gasteiger partial charge in [0.1, 0.15) is 6.10 Å². The topological polar surface area (TPSA) is 38.3 Å². The number of ether oxygens (including phenoxy) is 1. The molecule has 0 bridgehead atoms. The van der Waals surface area contributed by atoms with E-state index in [1.165, 1.54) is 6.42 Å². The second kappa shape index (κ2) is 2.40. The lowest BCUT2D eigenvalue weighted by Crippen LogP contribution is -2.25. The molecule has 11 heavy (non-hydrogen) atoms. The van der Waals surface area contributed by atoms with Gasteiger partial charge in [0.05, 0.1) is 0 Å². The highest BCUT2D eigenvalue weighted by molar-refractivity contribution is 5.66. The first-order valence-corrected chi connectivity index (χ1v) is 4.18. The van der Waals surface area contributed by atoms with Crippen LogP contribution in [0.3, 0.4) is 0 Å². The summed E-state index contributed by atoms with van der Waals surface area (Å²) in [6.45, 7) is 0. The molecule has 1 amide bonds. The summed E-state index contributed by atoms with van der Waals surface area (Å²) in [6.07, 6.45) is 3.49. The third-order valence-corrected chi connectivity index (χ3v) is 2.68. The number of hydrogen-bond acceptors (Lipinski definition) is 2. The highest BCUT2D eigenvalue weighted by atomic mass is 16.6. The summed E-state index contributed by atoms with van der Waals surface area (Å²) < 4.78 is 5.11. The summed E-state index contributed by atoms with van der Waals surface area (Å²) >= 11 is 0. The maximum atomic E-state index is 10.8. The average Bonchev–Trinajstić information content (AvgIpc) is 2.60. The first kappa shape index (κ1) is 6.95. The van der Waals surface area contributed by atoms with E-state index in [0.717, 1.165) is 24.7 Å². The fourth-order valence-electron chi connectivity index (χ4n) is 1.97. The van der Waals surface area contributed by atoms with E-state index in [-0.39, 0.29) is 12.2 Å². The van der Waals surface area contributed by atoms with Gasteiger partial charge in [0.25, 0.3) is 0 Å². The van der Waals surface area contributed by atoms with Crippen LogP contribution in [0.2, 0.25) is 0 Å². The first-order chi connectivity index (χ1) is 5.29. The minimum absolute atomic E-state index is 0.207. The number of carbonyl (C=O) groups is 1. The van der Waals surface area contributed by atoms with Crippen LogP contribution in [-0.4, -0.2) is 19.2 Å². The van der Waals surface area contributed by atoms with Gasteiger partial charge in [-0.15, -0.1) is 0 Å². The Morgan fingerprint density at radius 1 is 1.36 bits per heavy atom. The molecule has 0 aliphatic heterocycles. The summed E-state index contributed by atoms with van der Waals surface area (Å²) in [4.78, 5) is 10.8. The third kappa shape index (κ3) is 1.32. The molecule has 2 unspecified atom stereocenters. The minimum atomic E-state index is -0.281. The lowest BCUT2D eigenvalue weighted by Gasteiger charge is -2.12. The van der Waals surface area contributed by atoms with Crippen molar-refractivity contribution in [2.24, 2.45) is 11.8 Å². The standard InChI is InChI=1S/C8H13NO2/c1-9-8(10)11-7-3-5-2-6(5)4-7/h5-7H,2-4H2,1H3,(H,9,10)/t5-,6?,7?/m1/s1. The van der Waals surface area contributed by atoms with Crippen LogP contribution in [0.4, 0.5) is 4.79 Å². The van der Waals surface area contributed by atoms with Crippen LogP contribution < -0.4 is 5.32 Å². The Bertz CT molecular complexity index is 171. The predicted molar refractivity (Wildman–Crippen MR) is 40.2 cm³/mol. The van der Waals surface area contributed by atoms with Crippen LogP contribution in [0.5, 0.6) is 0 Å². The summed E-state index contributed by atoms with van der Waals surface area (Å²) in [5.74, 6) is 1.76. The molecule has 3 atom stereocenters. The molecule has 0 aromatic carbocycles. The van der Waals surface area contributed by atoms with E-state index in [9.17, 15) is 4.79 Å². The SMILES string of the molecule is CNC(=O)OC1CC2C[C@@H]2C1. The highest BCUT2D eigenvalue weighted by Crippen LogP contribution is 2.52. The number of alkyl carbamates (subject to hydrolysis) is 1. The summed E-state index contributed by atoms with van der Waals surface area (Å²) in [5.41, 5.74) is 0. The number of carbonyl (C=O) groups excluding carboxylic acids is 1. The fraction of sp³-hybridized carbons (Fsp3) is 0.875. The van der Waals surface area contributed by atoms with E-state index in [4.69, 9.17) is 4.74 Å². The van der Waals surface area contributed by atoms with Gasteiger partial charge in [0.2, 0.25) is 0 Å². The van der Waals surface area contributed by atoms with Crippen molar-refractivity contribution in [1.29, 1.82) is 0 Å². The molecule has 0 aromatic heterocycles. The zero-order valence-electron chi connectivity index (χ0n) is 6.67. The smallest absolute Gasteiger partial charge is 0.407 e. The number of fused-ring (bicyclic) bond motifs is 1. The van der Waals surface area contributed by atoms with Crippen molar-refractivity contribution in [3.8, 4) is 0 Å². The van der Waals surface area contributed by atoms with E-state index in [1.54, 1.807) is 7.05 Å². The van der Waals surface area contributed by atoms with Gasteiger partial charge in [0.15, 0.2) is 0 Å². The Kier molecular flexibility index (Phi) is 1.51. The Labute approximate surface area is 66.1 Å². The average molecular weight is 155 g/mol.